The second-order valence-corrected chi connectivity index (χ2v) is 6.68. The summed E-state index contributed by atoms with van der Waals surface area (Å²) < 4.78 is 5.33. The van der Waals surface area contributed by atoms with Gasteiger partial charge in [0, 0.05) is 18.7 Å². The number of amides is 1. The lowest BCUT2D eigenvalue weighted by atomic mass is 10.0. The molecule has 1 fully saturated rings. The summed E-state index contributed by atoms with van der Waals surface area (Å²) in [6, 6.07) is 3.89. The van der Waals surface area contributed by atoms with Gasteiger partial charge in [0.05, 0.1) is 0 Å². The van der Waals surface area contributed by atoms with Crippen LogP contribution in [0, 0.1) is 13.8 Å². The lowest BCUT2D eigenvalue weighted by Crippen LogP contribution is -2.36. The van der Waals surface area contributed by atoms with Crippen LogP contribution in [0.5, 0.6) is 5.75 Å². The quantitative estimate of drug-likeness (QED) is 0.837. The third-order valence-electron chi connectivity index (χ3n) is 4.74. The molecule has 1 N–H and O–H groups in total. The maximum absolute atomic E-state index is 12.8. The van der Waals surface area contributed by atoms with Gasteiger partial charge in [-0.15, -0.1) is 0 Å². The molecule has 0 heterocycles. The highest BCUT2D eigenvalue weighted by atomic mass is 16.5. The zero-order chi connectivity index (χ0) is 17.7. The van der Waals surface area contributed by atoms with Gasteiger partial charge in [0.1, 0.15) is 5.75 Å². The number of aliphatic carboxylic acids is 1. The second-order valence-electron chi connectivity index (χ2n) is 6.68. The second kappa shape index (κ2) is 8.18. The molecule has 1 aliphatic carbocycles. The van der Waals surface area contributed by atoms with Crippen LogP contribution in [0.25, 0.3) is 0 Å². The Hall–Kier alpha value is -2.04. The Morgan fingerprint density at radius 2 is 1.67 bits per heavy atom. The number of nitrogens with zero attached hydrogens (tertiary/aromatic N) is 1. The van der Waals surface area contributed by atoms with Crippen LogP contribution in [0.4, 0.5) is 0 Å². The Morgan fingerprint density at radius 1 is 1.12 bits per heavy atom. The normalized spacial score (nSPS) is 15.6. The van der Waals surface area contributed by atoms with Crippen LogP contribution >= 0.6 is 0 Å². The number of hydrogen-bond donors (Lipinski definition) is 1. The van der Waals surface area contributed by atoms with E-state index in [4.69, 9.17) is 9.84 Å². The summed E-state index contributed by atoms with van der Waals surface area (Å²) in [5.74, 6) is -0.439. The highest BCUT2D eigenvalue weighted by molar-refractivity contribution is 5.95. The van der Waals surface area contributed by atoms with E-state index >= 15 is 0 Å². The predicted molar refractivity (Wildman–Crippen MR) is 92.6 cm³/mol. The molecule has 0 unspecified atom stereocenters. The van der Waals surface area contributed by atoms with Crippen molar-refractivity contribution in [2.24, 2.45) is 0 Å². The van der Waals surface area contributed by atoms with E-state index < -0.39 is 5.97 Å². The molecule has 0 radical (unpaired) electrons. The van der Waals surface area contributed by atoms with Crippen molar-refractivity contribution >= 4 is 11.9 Å². The van der Waals surface area contributed by atoms with Gasteiger partial charge >= 0.3 is 5.97 Å². The van der Waals surface area contributed by atoms with Gasteiger partial charge in [-0.25, -0.2) is 4.79 Å². The molecule has 1 saturated carbocycles. The van der Waals surface area contributed by atoms with Crippen molar-refractivity contribution in [3.05, 3.63) is 28.8 Å². The highest BCUT2D eigenvalue weighted by Gasteiger charge is 2.23. The van der Waals surface area contributed by atoms with Gasteiger partial charge in [-0.1, -0.05) is 25.7 Å². The van der Waals surface area contributed by atoms with Gasteiger partial charge in [-0.2, -0.15) is 0 Å². The van der Waals surface area contributed by atoms with Crippen LogP contribution in [0.3, 0.4) is 0 Å². The van der Waals surface area contributed by atoms with E-state index in [1.807, 2.05) is 25.8 Å². The standard InChI is InChI=1S/C19H27NO4/c1-13-10-15(11-14(2)18(13)24-12-17(21)22)19(23)20(3)16-8-6-4-5-7-9-16/h10-11,16H,4-9,12H2,1-3H3,(H,21,22). The maximum atomic E-state index is 12.8. The van der Waals surface area contributed by atoms with Gasteiger partial charge in [0.15, 0.2) is 6.61 Å². The zero-order valence-electron chi connectivity index (χ0n) is 14.8. The molecular formula is C19H27NO4. The van der Waals surface area contributed by atoms with Crippen molar-refractivity contribution in [2.75, 3.05) is 13.7 Å². The van der Waals surface area contributed by atoms with E-state index in [1.54, 1.807) is 12.1 Å². The molecule has 1 aromatic rings. The first-order chi connectivity index (χ1) is 11.4. The molecule has 5 heteroatoms. The maximum Gasteiger partial charge on any atom is 0.341 e. The van der Waals surface area contributed by atoms with Crippen LogP contribution in [0.1, 0.15) is 60.0 Å². The predicted octanol–water partition coefficient (Wildman–Crippen LogP) is 3.56. The molecular weight excluding hydrogens is 306 g/mol. The molecule has 1 aromatic carbocycles. The van der Waals surface area contributed by atoms with Crippen LogP contribution in [0.2, 0.25) is 0 Å². The Kier molecular flexibility index (Phi) is 6.23. The Balaban J connectivity index is 2.15. The van der Waals surface area contributed by atoms with E-state index in [0.29, 0.717) is 17.4 Å². The van der Waals surface area contributed by atoms with E-state index in [0.717, 1.165) is 24.0 Å². The van der Waals surface area contributed by atoms with E-state index in [9.17, 15) is 9.59 Å². The monoisotopic (exact) mass is 333 g/mol. The fourth-order valence-corrected chi connectivity index (χ4v) is 3.45. The largest absolute Gasteiger partial charge is 0.481 e. The smallest absolute Gasteiger partial charge is 0.341 e. The van der Waals surface area contributed by atoms with Gasteiger partial charge in [-0.3, -0.25) is 4.79 Å². The lowest BCUT2D eigenvalue weighted by Gasteiger charge is -2.27. The first-order valence-electron chi connectivity index (χ1n) is 8.63. The summed E-state index contributed by atoms with van der Waals surface area (Å²) in [6.45, 7) is 3.30. The minimum atomic E-state index is -1.01. The molecule has 5 nitrogen and oxygen atoms in total. The molecule has 2 rings (SSSR count). The molecule has 132 valence electrons. The number of rotatable bonds is 5. The molecule has 0 bridgehead atoms. The molecule has 0 saturated heterocycles. The van der Waals surface area contributed by atoms with Gasteiger partial charge in [-0.05, 0) is 49.9 Å². The van der Waals surface area contributed by atoms with Crippen LogP contribution in [0.15, 0.2) is 12.1 Å². The zero-order valence-corrected chi connectivity index (χ0v) is 14.8. The van der Waals surface area contributed by atoms with Crippen LogP contribution in [-0.2, 0) is 4.79 Å². The van der Waals surface area contributed by atoms with Gasteiger partial charge in [0.25, 0.3) is 5.91 Å². The van der Waals surface area contributed by atoms with Crippen molar-refractivity contribution in [2.45, 2.75) is 58.4 Å². The van der Waals surface area contributed by atoms with Crippen molar-refractivity contribution in [3.8, 4) is 5.75 Å². The molecule has 0 aliphatic heterocycles. The van der Waals surface area contributed by atoms with Gasteiger partial charge in [0.2, 0.25) is 0 Å². The van der Waals surface area contributed by atoms with Crippen molar-refractivity contribution in [1.29, 1.82) is 0 Å². The summed E-state index contributed by atoms with van der Waals surface area (Å²) >= 11 is 0. The number of aryl methyl sites for hydroxylation is 2. The highest BCUT2D eigenvalue weighted by Crippen LogP contribution is 2.27. The van der Waals surface area contributed by atoms with E-state index in [-0.39, 0.29) is 12.5 Å². The number of carbonyl (C=O) groups excluding carboxylic acids is 1. The first kappa shape index (κ1) is 18.3. The molecule has 1 aliphatic rings. The first-order valence-corrected chi connectivity index (χ1v) is 8.63. The third-order valence-corrected chi connectivity index (χ3v) is 4.74. The SMILES string of the molecule is Cc1cc(C(=O)N(C)C2CCCCCC2)cc(C)c1OCC(=O)O. The lowest BCUT2D eigenvalue weighted by molar-refractivity contribution is -0.139. The summed E-state index contributed by atoms with van der Waals surface area (Å²) in [4.78, 5) is 25.4. The minimum absolute atomic E-state index is 0.0258. The average Bonchev–Trinajstić information content (AvgIpc) is 2.81. The molecule has 1 amide bonds. The third kappa shape index (κ3) is 4.49. The molecule has 24 heavy (non-hydrogen) atoms. The number of carboxylic acid groups (broad SMARTS) is 1. The summed E-state index contributed by atoms with van der Waals surface area (Å²) in [7, 11) is 1.89. The number of carboxylic acids is 1. The topological polar surface area (TPSA) is 66.8 Å². The van der Waals surface area contributed by atoms with Crippen LogP contribution in [-0.4, -0.2) is 41.6 Å². The average molecular weight is 333 g/mol. The van der Waals surface area contributed by atoms with Gasteiger partial charge < -0.3 is 14.7 Å². The molecule has 0 atom stereocenters. The van der Waals surface area contributed by atoms with Crippen molar-refractivity contribution < 1.29 is 19.4 Å². The summed E-state index contributed by atoms with van der Waals surface area (Å²) in [5, 5.41) is 8.75. The summed E-state index contributed by atoms with van der Waals surface area (Å²) in [5.41, 5.74) is 2.21. The van der Waals surface area contributed by atoms with Crippen molar-refractivity contribution in [3.63, 3.8) is 0 Å². The van der Waals surface area contributed by atoms with E-state index in [2.05, 4.69) is 0 Å². The Labute approximate surface area is 143 Å². The summed E-state index contributed by atoms with van der Waals surface area (Å²) in [6.07, 6.45) is 7.02. The fourth-order valence-electron chi connectivity index (χ4n) is 3.45. The molecule has 0 spiro atoms. The molecule has 0 aromatic heterocycles. The van der Waals surface area contributed by atoms with Crippen LogP contribution < -0.4 is 4.74 Å². The van der Waals surface area contributed by atoms with E-state index in [1.165, 1.54) is 25.7 Å². The van der Waals surface area contributed by atoms with Crippen molar-refractivity contribution in [1.82, 2.24) is 4.90 Å². The Bertz CT molecular complexity index is 580. The number of carbonyl (C=O) groups is 2. The number of ether oxygens (including phenoxy) is 1. The Morgan fingerprint density at radius 3 is 2.17 bits per heavy atom. The fraction of sp³-hybridized carbons (Fsp3) is 0.579. The number of hydrogen-bond acceptors (Lipinski definition) is 3. The minimum Gasteiger partial charge on any atom is -0.481 e. The number of benzene rings is 1.